The second-order valence-corrected chi connectivity index (χ2v) is 7.75. The van der Waals surface area contributed by atoms with Crippen molar-refractivity contribution in [3.8, 4) is 0 Å². The molecule has 1 aromatic carbocycles. The second-order valence-electron chi connectivity index (χ2n) is 7.75. The molecule has 5 heteroatoms. The number of hydrogen-bond acceptors (Lipinski definition) is 2. The highest BCUT2D eigenvalue weighted by Crippen LogP contribution is 2.27. The third-order valence-electron chi connectivity index (χ3n) is 5.71. The highest BCUT2D eigenvalue weighted by Gasteiger charge is 2.32. The summed E-state index contributed by atoms with van der Waals surface area (Å²) in [6, 6.07) is 6.80. The minimum Gasteiger partial charge on any atom is -0.352 e. The van der Waals surface area contributed by atoms with Crippen molar-refractivity contribution in [3.05, 3.63) is 34.9 Å². The molecule has 0 spiro atoms. The first kappa shape index (κ1) is 18.7. The van der Waals surface area contributed by atoms with Gasteiger partial charge in [-0.3, -0.25) is 9.79 Å². The molecule has 3 rings (SSSR count). The van der Waals surface area contributed by atoms with E-state index in [0.29, 0.717) is 5.91 Å². The molecule has 26 heavy (non-hydrogen) atoms. The molecular formula is C21H32N4O. The summed E-state index contributed by atoms with van der Waals surface area (Å²) in [6.45, 7) is 6.66. The summed E-state index contributed by atoms with van der Waals surface area (Å²) in [6.07, 6.45) is 5.56. The fourth-order valence-electron chi connectivity index (χ4n) is 4.12. The lowest BCUT2D eigenvalue weighted by Gasteiger charge is -2.21. The van der Waals surface area contributed by atoms with Gasteiger partial charge in [-0.2, -0.15) is 0 Å². The Balaban J connectivity index is 1.48. The Labute approximate surface area is 157 Å². The monoisotopic (exact) mass is 356 g/mol. The molecule has 1 saturated heterocycles. The van der Waals surface area contributed by atoms with E-state index >= 15 is 0 Å². The van der Waals surface area contributed by atoms with Crippen molar-refractivity contribution < 1.29 is 4.79 Å². The van der Waals surface area contributed by atoms with Crippen LogP contribution in [-0.4, -0.2) is 42.9 Å². The molecule has 1 amide bonds. The predicted molar refractivity (Wildman–Crippen MR) is 106 cm³/mol. The van der Waals surface area contributed by atoms with Gasteiger partial charge < -0.3 is 15.5 Å². The molecule has 2 fully saturated rings. The molecule has 2 N–H and O–H groups in total. The number of carbonyl (C=O) groups is 1. The first-order chi connectivity index (χ1) is 12.6. The predicted octanol–water partition coefficient (Wildman–Crippen LogP) is 2.76. The molecule has 1 aliphatic heterocycles. The normalized spacial score (nSPS) is 21.3. The number of benzene rings is 1. The number of nitrogens with one attached hydrogen (secondary N) is 2. The highest BCUT2D eigenvalue weighted by atomic mass is 16.2. The summed E-state index contributed by atoms with van der Waals surface area (Å²) in [5.41, 5.74) is 3.86. The van der Waals surface area contributed by atoms with Crippen molar-refractivity contribution >= 4 is 11.9 Å². The van der Waals surface area contributed by atoms with E-state index in [1.807, 2.05) is 4.90 Å². The van der Waals surface area contributed by atoms with Crippen molar-refractivity contribution in [2.45, 2.75) is 58.5 Å². The Kier molecular flexibility index (Phi) is 6.17. The first-order valence-corrected chi connectivity index (χ1v) is 9.89. The van der Waals surface area contributed by atoms with Gasteiger partial charge in [-0.1, -0.05) is 36.6 Å². The van der Waals surface area contributed by atoms with Crippen molar-refractivity contribution in [2.75, 3.05) is 20.1 Å². The third kappa shape index (κ3) is 4.57. The van der Waals surface area contributed by atoms with E-state index in [9.17, 15) is 4.79 Å². The highest BCUT2D eigenvalue weighted by molar-refractivity contribution is 5.81. The summed E-state index contributed by atoms with van der Waals surface area (Å²) in [5, 5.41) is 6.89. The van der Waals surface area contributed by atoms with Gasteiger partial charge in [0, 0.05) is 38.6 Å². The Bertz CT molecular complexity index is 664. The molecule has 1 atom stereocenters. The molecule has 0 bridgehead atoms. The summed E-state index contributed by atoms with van der Waals surface area (Å²) in [5.74, 6) is 1.45. The molecular weight excluding hydrogens is 324 g/mol. The number of aryl methyl sites for hydroxylation is 2. The average molecular weight is 357 g/mol. The Morgan fingerprint density at radius 1 is 1.23 bits per heavy atom. The van der Waals surface area contributed by atoms with Gasteiger partial charge in [-0.05, 0) is 44.2 Å². The number of hydrogen-bond donors (Lipinski definition) is 2. The summed E-state index contributed by atoms with van der Waals surface area (Å²) in [4.78, 5) is 19.0. The van der Waals surface area contributed by atoms with Gasteiger partial charge in [0.05, 0.1) is 0 Å². The van der Waals surface area contributed by atoms with Gasteiger partial charge in [0.25, 0.3) is 0 Å². The van der Waals surface area contributed by atoms with Gasteiger partial charge in [0.15, 0.2) is 5.96 Å². The lowest BCUT2D eigenvalue weighted by molar-refractivity contribution is -0.134. The van der Waals surface area contributed by atoms with Crippen molar-refractivity contribution in [3.63, 3.8) is 0 Å². The molecule has 1 saturated carbocycles. The topological polar surface area (TPSA) is 56.7 Å². The van der Waals surface area contributed by atoms with Crippen LogP contribution in [0.25, 0.3) is 0 Å². The molecule has 1 unspecified atom stereocenters. The van der Waals surface area contributed by atoms with E-state index in [-0.39, 0.29) is 12.0 Å². The van der Waals surface area contributed by atoms with E-state index in [1.54, 1.807) is 7.05 Å². The van der Waals surface area contributed by atoms with Crippen LogP contribution in [0.5, 0.6) is 0 Å². The maximum atomic E-state index is 12.6. The van der Waals surface area contributed by atoms with Crippen LogP contribution in [0.3, 0.4) is 0 Å². The van der Waals surface area contributed by atoms with Crippen LogP contribution in [-0.2, 0) is 11.3 Å². The number of guanidine groups is 1. The number of rotatable bonds is 4. The Morgan fingerprint density at radius 2 is 2.00 bits per heavy atom. The van der Waals surface area contributed by atoms with Gasteiger partial charge in [0.2, 0.25) is 5.91 Å². The largest absolute Gasteiger partial charge is 0.352 e. The molecule has 1 heterocycles. The summed E-state index contributed by atoms with van der Waals surface area (Å²) >= 11 is 0. The maximum absolute atomic E-state index is 12.6. The lowest BCUT2D eigenvalue weighted by atomic mass is 10.1. The minimum atomic E-state index is 0.274. The summed E-state index contributed by atoms with van der Waals surface area (Å²) < 4.78 is 0. The number of carbonyl (C=O) groups excluding carboxylic acids is 1. The van der Waals surface area contributed by atoms with E-state index < -0.39 is 0 Å². The smallest absolute Gasteiger partial charge is 0.225 e. The van der Waals surface area contributed by atoms with E-state index in [4.69, 9.17) is 0 Å². The minimum absolute atomic E-state index is 0.274. The standard InChI is InChI=1S/C21H32N4O/c1-15-8-9-18(16(2)12-15)13-23-21(22-3)24-19-10-11-25(14-19)20(26)17-6-4-5-7-17/h8-9,12,17,19H,4-7,10-11,13-14H2,1-3H3,(H2,22,23,24). The van der Waals surface area contributed by atoms with Gasteiger partial charge in [-0.25, -0.2) is 0 Å². The van der Waals surface area contributed by atoms with E-state index in [2.05, 4.69) is 47.7 Å². The van der Waals surface area contributed by atoms with Crippen LogP contribution >= 0.6 is 0 Å². The molecule has 5 nitrogen and oxygen atoms in total. The zero-order valence-corrected chi connectivity index (χ0v) is 16.3. The number of amides is 1. The van der Waals surface area contributed by atoms with Crippen LogP contribution in [0, 0.1) is 19.8 Å². The van der Waals surface area contributed by atoms with E-state index in [0.717, 1.165) is 44.9 Å². The second kappa shape index (κ2) is 8.56. The zero-order valence-electron chi connectivity index (χ0n) is 16.3. The number of aliphatic imine (C=N–C) groups is 1. The van der Waals surface area contributed by atoms with Crippen molar-refractivity contribution in [1.29, 1.82) is 0 Å². The molecule has 0 aromatic heterocycles. The number of nitrogens with zero attached hydrogens (tertiary/aromatic N) is 2. The van der Waals surface area contributed by atoms with Gasteiger partial charge in [0.1, 0.15) is 0 Å². The fraction of sp³-hybridized carbons (Fsp3) is 0.619. The van der Waals surface area contributed by atoms with Crippen LogP contribution in [0.15, 0.2) is 23.2 Å². The summed E-state index contributed by atoms with van der Waals surface area (Å²) in [7, 11) is 1.80. The van der Waals surface area contributed by atoms with Crippen LogP contribution in [0.1, 0.15) is 48.8 Å². The van der Waals surface area contributed by atoms with Crippen LogP contribution < -0.4 is 10.6 Å². The molecule has 1 aliphatic carbocycles. The number of likely N-dealkylation sites (tertiary alicyclic amines) is 1. The van der Waals surface area contributed by atoms with Crippen molar-refractivity contribution in [2.24, 2.45) is 10.9 Å². The van der Waals surface area contributed by atoms with Crippen molar-refractivity contribution in [1.82, 2.24) is 15.5 Å². The third-order valence-corrected chi connectivity index (χ3v) is 5.71. The van der Waals surface area contributed by atoms with Gasteiger partial charge >= 0.3 is 0 Å². The van der Waals surface area contributed by atoms with Crippen LogP contribution in [0.4, 0.5) is 0 Å². The average Bonchev–Trinajstić information content (AvgIpc) is 3.31. The SMILES string of the molecule is CN=C(NCc1ccc(C)cc1C)NC1CCN(C(=O)C2CCCC2)C1. The van der Waals surface area contributed by atoms with E-state index in [1.165, 1.54) is 29.5 Å². The molecule has 0 radical (unpaired) electrons. The van der Waals surface area contributed by atoms with Crippen LogP contribution in [0.2, 0.25) is 0 Å². The zero-order chi connectivity index (χ0) is 18.5. The molecule has 1 aromatic rings. The fourth-order valence-corrected chi connectivity index (χ4v) is 4.12. The van der Waals surface area contributed by atoms with Gasteiger partial charge in [-0.15, -0.1) is 0 Å². The first-order valence-electron chi connectivity index (χ1n) is 9.89. The quantitative estimate of drug-likeness (QED) is 0.644. The maximum Gasteiger partial charge on any atom is 0.225 e. The lowest BCUT2D eigenvalue weighted by Crippen LogP contribution is -2.45. The molecule has 2 aliphatic rings. The Hall–Kier alpha value is -2.04. The Morgan fingerprint density at radius 3 is 2.69 bits per heavy atom. The molecule has 142 valence electrons.